The Labute approximate surface area is 218 Å². The molecule has 1 heterocycles. The molecule has 8 nitrogen and oxygen atoms in total. The second kappa shape index (κ2) is 10.7. The first-order valence-electron chi connectivity index (χ1n) is 10.2. The monoisotopic (exact) mass is 597 g/mol. The van der Waals surface area contributed by atoms with Gasteiger partial charge in [0.2, 0.25) is 0 Å². The first-order valence-corrected chi connectivity index (χ1v) is 12.1. The molecule has 35 heavy (non-hydrogen) atoms. The third-order valence-corrected chi connectivity index (χ3v) is 6.86. The molecule has 1 aliphatic rings. The molecule has 10 heteroatoms. The van der Waals surface area contributed by atoms with Gasteiger partial charge in [0, 0.05) is 12.1 Å². The number of hydrogen-bond acceptors (Lipinski definition) is 7. The molecule has 0 spiro atoms. The molecule has 0 aliphatic carbocycles. The van der Waals surface area contributed by atoms with E-state index < -0.39 is 10.8 Å². The lowest BCUT2D eigenvalue weighted by Gasteiger charge is -2.13. The van der Waals surface area contributed by atoms with E-state index in [1.807, 2.05) is 6.07 Å². The first kappa shape index (κ1) is 24.4. The third kappa shape index (κ3) is 5.70. The standard InChI is InChI=1S/C25H16IN3O5S/c26-21-11-16(8-9-22(21)34-15-17-4-3-7-20(10-17)29(32)33)12-23-24(30)28(25(31)35-23)14-19-6-2-1-5-18(19)13-27/h1-12H,14-15H2/b23-12+. The number of rotatable bonds is 7. The zero-order chi connectivity index (χ0) is 24.9. The Hall–Kier alpha value is -3.69. The maximum Gasteiger partial charge on any atom is 0.293 e. The molecule has 0 atom stereocenters. The lowest BCUT2D eigenvalue weighted by Crippen LogP contribution is -2.27. The highest BCUT2D eigenvalue weighted by atomic mass is 127. The minimum atomic E-state index is -0.452. The van der Waals surface area contributed by atoms with E-state index in [1.165, 1.54) is 12.1 Å². The summed E-state index contributed by atoms with van der Waals surface area (Å²) in [7, 11) is 0. The molecule has 1 saturated heterocycles. The normalized spacial score (nSPS) is 14.3. The number of nitrogens with zero attached hydrogens (tertiary/aromatic N) is 3. The number of nitro benzene ring substituents is 1. The van der Waals surface area contributed by atoms with Crippen molar-refractivity contribution in [3.8, 4) is 11.8 Å². The summed E-state index contributed by atoms with van der Waals surface area (Å²) in [5.41, 5.74) is 2.43. The van der Waals surface area contributed by atoms with Gasteiger partial charge in [-0.15, -0.1) is 0 Å². The second-order valence-electron chi connectivity index (χ2n) is 7.44. The molecule has 0 radical (unpaired) electrons. The van der Waals surface area contributed by atoms with Crippen molar-refractivity contribution >= 4 is 57.3 Å². The van der Waals surface area contributed by atoms with Gasteiger partial charge in [-0.25, -0.2) is 0 Å². The fourth-order valence-corrected chi connectivity index (χ4v) is 4.90. The average Bonchev–Trinajstić information content (AvgIpc) is 3.11. The molecule has 3 aromatic rings. The van der Waals surface area contributed by atoms with Gasteiger partial charge in [0.05, 0.1) is 31.6 Å². The van der Waals surface area contributed by atoms with Crippen LogP contribution in [0.1, 0.15) is 22.3 Å². The molecular weight excluding hydrogens is 581 g/mol. The first-order chi connectivity index (χ1) is 16.9. The van der Waals surface area contributed by atoms with Crippen LogP contribution in [0, 0.1) is 25.0 Å². The number of non-ortho nitro benzene ring substituents is 1. The predicted molar refractivity (Wildman–Crippen MR) is 139 cm³/mol. The zero-order valence-electron chi connectivity index (χ0n) is 18.0. The van der Waals surface area contributed by atoms with Crippen molar-refractivity contribution in [2.24, 2.45) is 0 Å². The fraction of sp³-hybridized carbons (Fsp3) is 0.0800. The van der Waals surface area contributed by atoms with E-state index in [9.17, 15) is 25.0 Å². The van der Waals surface area contributed by atoms with Crippen LogP contribution >= 0.6 is 34.4 Å². The molecule has 2 amide bonds. The van der Waals surface area contributed by atoms with Gasteiger partial charge in [-0.1, -0.05) is 36.4 Å². The van der Waals surface area contributed by atoms with E-state index in [1.54, 1.807) is 54.6 Å². The van der Waals surface area contributed by atoms with E-state index in [2.05, 4.69) is 28.7 Å². The van der Waals surface area contributed by atoms with E-state index >= 15 is 0 Å². The van der Waals surface area contributed by atoms with Crippen molar-refractivity contribution < 1.29 is 19.2 Å². The second-order valence-corrected chi connectivity index (χ2v) is 9.60. The van der Waals surface area contributed by atoms with Crippen LogP contribution in [0.4, 0.5) is 10.5 Å². The van der Waals surface area contributed by atoms with Crippen molar-refractivity contribution in [3.63, 3.8) is 0 Å². The van der Waals surface area contributed by atoms with Crippen LogP contribution in [0.5, 0.6) is 5.75 Å². The molecule has 0 bridgehead atoms. The lowest BCUT2D eigenvalue weighted by atomic mass is 10.1. The number of carbonyl (C=O) groups excluding carboxylic acids is 2. The quantitative estimate of drug-likeness (QED) is 0.145. The van der Waals surface area contributed by atoms with Gasteiger partial charge in [-0.2, -0.15) is 5.26 Å². The Morgan fingerprint density at radius 1 is 1.11 bits per heavy atom. The summed E-state index contributed by atoms with van der Waals surface area (Å²) in [6, 6.07) is 20.5. The number of benzene rings is 3. The maximum absolute atomic E-state index is 12.9. The summed E-state index contributed by atoms with van der Waals surface area (Å²) in [6.07, 6.45) is 1.65. The summed E-state index contributed by atoms with van der Waals surface area (Å²) >= 11 is 2.96. The Balaban J connectivity index is 1.46. The maximum atomic E-state index is 12.9. The van der Waals surface area contributed by atoms with Crippen LogP contribution in [-0.2, 0) is 17.9 Å². The molecule has 0 N–H and O–H groups in total. The molecule has 0 aromatic heterocycles. The number of amides is 2. The van der Waals surface area contributed by atoms with Crippen molar-refractivity contribution in [3.05, 3.63) is 108 Å². The highest BCUT2D eigenvalue weighted by Gasteiger charge is 2.35. The number of imide groups is 1. The van der Waals surface area contributed by atoms with Gasteiger partial charge in [-0.05, 0) is 75.3 Å². The van der Waals surface area contributed by atoms with Crippen molar-refractivity contribution in [2.75, 3.05) is 0 Å². The average molecular weight is 597 g/mol. The van der Waals surface area contributed by atoms with Gasteiger partial charge in [0.25, 0.3) is 16.8 Å². The van der Waals surface area contributed by atoms with E-state index in [4.69, 9.17) is 4.74 Å². The number of halogens is 1. The van der Waals surface area contributed by atoms with Crippen molar-refractivity contribution in [2.45, 2.75) is 13.2 Å². The molecular formula is C25H16IN3O5S. The number of ether oxygens (including phenoxy) is 1. The van der Waals surface area contributed by atoms with Crippen LogP contribution in [0.3, 0.4) is 0 Å². The van der Waals surface area contributed by atoms with E-state index in [0.29, 0.717) is 27.3 Å². The van der Waals surface area contributed by atoms with Crippen molar-refractivity contribution in [1.29, 1.82) is 5.26 Å². The Kier molecular flexibility index (Phi) is 7.48. The molecule has 3 aromatic carbocycles. The number of thioether (sulfide) groups is 1. The van der Waals surface area contributed by atoms with Crippen LogP contribution in [0.2, 0.25) is 0 Å². The Morgan fingerprint density at radius 3 is 2.66 bits per heavy atom. The summed E-state index contributed by atoms with van der Waals surface area (Å²) in [6.45, 7) is 0.202. The lowest BCUT2D eigenvalue weighted by molar-refractivity contribution is -0.384. The van der Waals surface area contributed by atoms with Gasteiger partial charge >= 0.3 is 0 Å². The summed E-state index contributed by atoms with van der Waals surface area (Å²) in [5, 5.41) is 19.8. The van der Waals surface area contributed by atoms with E-state index in [-0.39, 0.29) is 24.1 Å². The SMILES string of the molecule is N#Cc1ccccc1CN1C(=O)S/C(=C/c2ccc(OCc3cccc([N+](=O)[O-])c3)c(I)c2)C1=O. The van der Waals surface area contributed by atoms with Gasteiger partial charge in [0.1, 0.15) is 12.4 Å². The number of nitro groups is 1. The van der Waals surface area contributed by atoms with Crippen LogP contribution < -0.4 is 4.74 Å². The summed E-state index contributed by atoms with van der Waals surface area (Å²) < 4.78 is 6.60. The number of carbonyl (C=O) groups is 2. The molecule has 1 aliphatic heterocycles. The summed E-state index contributed by atoms with van der Waals surface area (Å²) in [5.74, 6) is 0.184. The predicted octanol–water partition coefficient (Wildman–Crippen LogP) is 5.89. The number of nitriles is 1. The zero-order valence-corrected chi connectivity index (χ0v) is 21.0. The van der Waals surface area contributed by atoms with Gasteiger partial charge in [0.15, 0.2) is 0 Å². The Morgan fingerprint density at radius 2 is 1.91 bits per heavy atom. The summed E-state index contributed by atoms with van der Waals surface area (Å²) in [4.78, 5) is 37.3. The molecule has 174 valence electrons. The minimum absolute atomic E-state index is 0.00111. The molecule has 1 fully saturated rings. The minimum Gasteiger partial charge on any atom is -0.488 e. The van der Waals surface area contributed by atoms with Crippen LogP contribution in [0.15, 0.2) is 71.6 Å². The smallest absolute Gasteiger partial charge is 0.293 e. The van der Waals surface area contributed by atoms with Gasteiger partial charge in [-0.3, -0.25) is 24.6 Å². The highest BCUT2D eigenvalue weighted by molar-refractivity contribution is 14.1. The van der Waals surface area contributed by atoms with Crippen LogP contribution in [0.25, 0.3) is 6.08 Å². The van der Waals surface area contributed by atoms with E-state index in [0.717, 1.165) is 25.8 Å². The molecule has 4 rings (SSSR count). The topological polar surface area (TPSA) is 114 Å². The Bertz CT molecular complexity index is 1420. The fourth-order valence-electron chi connectivity index (χ4n) is 3.37. The van der Waals surface area contributed by atoms with Crippen LogP contribution in [-0.4, -0.2) is 21.0 Å². The largest absolute Gasteiger partial charge is 0.488 e. The molecule has 0 saturated carbocycles. The third-order valence-electron chi connectivity index (χ3n) is 5.11. The molecule has 0 unspecified atom stereocenters. The van der Waals surface area contributed by atoms with Gasteiger partial charge < -0.3 is 4.74 Å². The highest BCUT2D eigenvalue weighted by Crippen LogP contribution is 2.34. The number of hydrogen-bond donors (Lipinski definition) is 0. The van der Waals surface area contributed by atoms with Crippen molar-refractivity contribution in [1.82, 2.24) is 4.90 Å².